The van der Waals surface area contributed by atoms with E-state index in [1.54, 1.807) is 0 Å². The van der Waals surface area contributed by atoms with Gasteiger partial charge in [0.1, 0.15) is 5.15 Å². The number of hydrogen-bond donors (Lipinski definition) is 1. The summed E-state index contributed by atoms with van der Waals surface area (Å²) in [5, 5.41) is -0.0456. The van der Waals surface area contributed by atoms with Crippen molar-refractivity contribution in [2.75, 3.05) is 5.73 Å². The van der Waals surface area contributed by atoms with E-state index >= 15 is 0 Å². The highest BCUT2D eigenvalue weighted by atomic mass is 79.9. The molecule has 4 heteroatoms. The summed E-state index contributed by atoms with van der Waals surface area (Å²) in [4.78, 5) is 3.55. The number of nitrogen functional groups attached to an aromatic ring is 1. The molecule has 0 aliphatic heterocycles. The number of nitrogens with zero attached hydrogens (tertiary/aromatic N) is 1. The molecular formula is C5H4BrClN2. The molecule has 48 valence electrons. The molecular weight excluding hydrogens is 203 g/mol. The van der Waals surface area contributed by atoms with Crippen molar-refractivity contribution in [2.45, 2.75) is 0 Å². The van der Waals surface area contributed by atoms with Gasteiger partial charge < -0.3 is 5.73 Å². The van der Waals surface area contributed by atoms with Gasteiger partial charge in [0.2, 0.25) is 0 Å². The van der Waals surface area contributed by atoms with Crippen molar-refractivity contribution in [3.05, 3.63) is 21.8 Å². The van der Waals surface area contributed by atoms with Crippen molar-refractivity contribution in [1.29, 1.82) is 0 Å². The Kier molecular flexibility index (Phi) is 1.28. The number of halogens is 2. The Morgan fingerprint density at radius 3 is 3.22 bits per heavy atom. The first-order valence-corrected chi connectivity index (χ1v) is 3.28. The van der Waals surface area contributed by atoms with Crippen LogP contribution in [0.25, 0.3) is 0 Å². The average molecular weight is 209 g/mol. The molecule has 1 heterocycles. The Morgan fingerprint density at radius 2 is 2.56 bits per heavy atom. The maximum absolute atomic E-state index is 7.25. The van der Waals surface area contributed by atoms with Crippen molar-refractivity contribution in [3.8, 4) is 0 Å². The first-order chi connectivity index (χ1) is 5.04. The van der Waals surface area contributed by atoms with Crippen LogP contribution in [0.2, 0.25) is 5.15 Å². The molecule has 1 rings (SSSR count). The van der Waals surface area contributed by atoms with Crippen molar-refractivity contribution in [1.82, 2.24) is 4.98 Å². The van der Waals surface area contributed by atoms with Gasteiger partial charge in [-0.2, -0.15) is 0 Å². The maximum atomic E-state index is 7.25. The molecule has 0 aliphatic rings. The van der Waals surface area contributed by atoms with Gasteiger partial charge >= 0.3 is 0 Å². The van der Waals surface area contributed by atoms with Crippen LogP contribution in [0.4, 0.5) is 5.69 Å². The van der Waals surface area contributed by atoms with Gasteiger partial charge in [0.05, 0.1) is 12.9 Å². The largest absolute Gasteiger partial charge is 0.398 e. The molecule has 0 aromatic carbocycles. The molecule has 0 aliphatic carbocycles. The summed E-state index contributed by atoms with van der Waals surface area (Å²) in [7, 11) is 0. The Morgan fingerprint density at radius 1 is 1.89 bits per heavy atom. The minimum absolute atomic E-state index is 0.0456. The monoisotopic (exact) mass is 208 g/mol. The molecule has 0 saturated heterocycles. The van der Waals surface area contributed by atoms with Crippen LogP contribution in [0.5, 0.6) is 0 Å². The maximum Gasteiger partial charge on any atom is 0.131 e. The van der Waals surface area contributed by atoms with Crippen LogP contribution in [-0.2, 0) is 0 Å². The van der Waals surface area contributed by atoms with E-state index in [-0.39, 0.29) is 23.1 Å². The van der Waals surface area contributed by atoms with E-state index in [1.165, 1.54) is 0 Å². The fourth-order valence-electron chi connectivity index (χ4n) is 0.352. The van der Waals surface area contributed by atoms with E-state index in [0.29, 0.717) is 4.47 Å². The molecule has 2 nitrogen and oxygen atoms in total. The zero-order valence-electron chi connectivity index (χ0n) is 6.28. The Hall–Kier alpha value is -0.280. The van der Waals surface area contributed by atoms with Crippen molar-refractivity contribution >= 4 is 33.2 Å². The van der Waals surface area contributed by atoms with Crippen LogP contribution < -0.4 is 5.73 Å². The molecule has 0 amide bonds. The van der Waals surface area contributed by atoms with Gasteiger partial charge in [-0.1, -0.05) is 11.6 Å². The standard InChI is InChI=1S/C5H4BrClN2/c6-3-2-9-5(7)1-4(3)8/h1-2H,(H2,8,9)/i1D,2D. The molecule has 2 N–H and O–H groups in total. The van der Waals surface area contributed by atoms with Crippen LogP contribution in [0.3, 0.4) is 0 Å². The van der Waals surface area contributed by atoms with E-state index in [4.69, 9.17) is 20.1 Å². The van der Waals surface area contributed by atoms with Gasteiger partial charge in [-0.25, -0.2) is 4.98 Å². The normalized spacial score (nSPS) is 12.7. The second-order valence-electron chi connectivity index (χ2n) is 1.37. The fraction of sp³-hybridized carbons (Fsp3) is 0. The van der Waals surface area contributed by atoms with E-state index in [2.05, 4.69) is 20.9 Å². The van der Waals surface area contributed by atoms with E-state index in [1.807, 2.05) is 0 Å². The number of aromatic nitrogens is 1. The number of hydrogen-bond acceptors (Lipinski definition) is 2. The van der Waals surface area contributed by atoms with Crippen LogP contribution in [0.1, 0.15) is 2.74 Å². The third kappa shape index (κ3) is 1.56. The SMILES string of the molecule is [2H]c1nc(Cl)c([2H])c(N)c1Br. The van der Waals surface area contributed by atoms with Gasteiger partial charge in [-0.15, -0.1) is 0 Å². The minimum Gasteiger partial charge on any atom is -0.398 e. The molecule has 0 unspecified atom stereocenters. The van der Waals surface area contributed by atoms with Crippen LogP contribution in [0.15, 0.2) is 16.7 Å². The molecule has 0 fully saturated rings. The van der Waals surface area contributed by atoms with Gasteiger partial charge in [0.25, 0.3) is 0 Å². The van der Waals surface area contributed by atoms with Gasteiger partial charge in [-0.05, 0) is 22.0 Å². The zero-order valence-corrected chi connectivity index (χ0v) is 6.62. The third-order valence-electron chi connectivity index (χ3n) is 0.727. The van der Waals surface area contributed by atoms with E-state index < -0.39 is 0 Å². The Bertz CT molecular complexity index is 279. The van der Waals surface area contributed by atoms with Crippen molar-refractivity contribution in [2.24, 2.45) is 0 Å². The number of rotatable bonds is 0. The second kappa shape index (κ2) is 2.54. The predicted molar refractivity (Wildman–Crippen MR) is 41.4 cm³/mol. The highest BCUT2D eigenvalue weighted by Gasteiger charge is 1.94. The molecule has 0 atom stereocenters. The third-order valence-corrected chi connectivity index (χ3v) is 1.51. The summed E-state index contributed by atoms with van der Waals surface area (Å²) in [5.74, 6) is 0. The fourth-order valence-corrected chi connectivity index (χ4v) is 0.684. The summed E-state index contributed by atoms with van der Waals surface area (Å²) >= 11 is 8.48. The number of anilines is 1. The first kappa shape index (κ1) is 4.52. The van der Waals surface area contributed by atoms with Gasteiger partial charge in [0.15, 0.2) is 0 Å². The molecule has 0 spiro atoms. The number of pyridine rings is 1. The summed E-state index contributed by atoms with van der Waals surface area (Å²) in [6, 6.07) is -0.0467. The molecule has 9 heavy (non-hydrogen) atoms. The summed E-state index contributed by atoms with van der Waals surface area (Å²) in [5.41, 5.74) is 5.55. The second-order valence-corrected chi connectivity index (χ2v) is 2.52. The highest BCUT2D eigenvalue weighted by Crippen LogP contribution is 2.19. The van der Waals surface area contributed by atoms with Crippen molar-refractivity contribution in [3.63, 3.8) is 0 Å². The molecule has 0 bridgehead atoms. The Balaban J connectivity index is 3.46. The summed E-state index contributed by atoms with van der Waals surface area (Å²) < 4.78 is 14.8. The number of nitrogens with two attached hydrogens (primary N) is 1. The summed E-state index contributed by atoms with van der Waals surface area (Å²) in [6.45, 7) is 0. The van der Waals surface area contributed by atoms with Crippen LogP contribution >= 0.6 is 27.5 Å². The lowest BCUT2D eigenvalue weighted by molar-refractivity contribution is 1.31. The first-order valence-electron chi connectivity index (χ1n) is 3.11. The predicted octanol–water partition coefficient (Wildman–Crippen LogP) is 2.08. The smallest absolute Gasteiger partial charge is 0.131 e. The quantitative estimate of drug-likeness (QED) is 0.665. The zero-order chi connectivity index (χ0) is 8.59. The molecule has 1 aromatic rings. The van der Waals surface area contributed by atoms with E-state index in [0.717, 1.165) is 0 Å². The Labute approximate surface area is 69.0 Å². The lowest BCUT2D eigenvalue weighted by atomic mass is 10.4. The lowest BCUT2D eigenvalue weighted by Crippen LogP contribution is -1.86. The van der Waals surface area contributed by atoms with E-state index in [9.17, 15) is 0 Å². The van der Waals surface area contributed by atoms with Crippen LogP contribution in [0, 0.1) is 0 Å². The van der Waals surface area contributed by atoms with Gasteiger partial charge in [0, 0.05) is 6.17 Å². The molecule has 0 radical (unpaired) electrons. The van der Waals surface area contributed by atoms with Gasteiger partial charge in [-0.3, -0.25) is 0 Å². The lowest BCUT2D eigenvalue weighted by Gasteiger charge is -1.94. The minimum atomic E-state index is -0.0523. The topological polar surface area (TPSA) is 38.9 Å². The average Bonchev–Trinajstić information content (AvgIpc) is 1.97. The summed E-state index contributed by atoms with van der Waals surface area (Å²) in [6.07, 6.45) is -0.0523. The highest BCUT2D eigenvalue weighted by molar-refractivity contribution is 9.10. The molecule has 0 saturated carbocycles. The van der Waals surface area contributed by atoms with Crippen molar-refractivity contribution < 1.29 is 2.74 Å². The molecule has 1 aromatic heterocycles. The van der Waals surface area contributed by atoms with Crippen LogP contribution in [-0.4, -0.2) is 4.98 Å².